The summed E-state index contributed by atoms with van der Waals surface area (Å²) < 4.78 is 9.56. The van der Waals surface area contributed by atoms with Crippen LogP contribution in [0.4, 0.5) is 0 Å². The molecule has 0 aliphatic heterocycles. The molecule has 0 saturated heterocycles. The van der Waals surface area contributed by atoms with E-state index in [9.17, 15) is 9.59 Å². The largest absolute Gasteiger partial charge is 0.462 e. The Morgan fingerprint density at radius 3 is 1.82 bits per heavy atom. The van der Waals surface area contributed by atoms with Gasteiger partial charge in [-0.25, -0.2) is 9.59 Å². The lowest BCUT2D eigenvalue weighted by Crippen LogP contribution is -2.20. The Kier molecular flexibility index (Phi) is 7.30. The van der Waals surface area contributed by atoms with Crippen molar-refractivity contribution in [1.29, 1.82) is 0 Å². The third kappa shape index (κ3) is 4.61. The first-order valence-electron chi connectivity index (χ1n) is 5.36. The molecule has 0 aromatic rings. The van der Waals surface area contributed by atoms with Crippen molar-refractivity contribution < 1.29 is 19.1 Å². The molecule has 4 nitrogen and oxygen atoms in total. The molecule has 0 aromatic heterocycles. The molecule has 0 aromatic carbocycles. The van der Waals surface area contributed by atoms with E-state index in [1.54, 1.807) is 33.8 Å². The highest BCUT2D eigenvalue weighted by molar-refractivity contribution is 6.37. The predicted octanol–water partition coefficient (Wildman–Crippen LogP) is 2.57. The van der Waals surface area contributed by atoms with E-state index in [4.69, 9.17) is 21.1 Å². The van der Waals surface area contributed by atoms with Crippen LogP contribution in [0.5, 0.6) is 0 Å². The van der Waals surface area contributed by atoms with Gasteiger partial charge in [-0.3, -0.25) is 0 Å². The summed E-state index contributed by atoms with van der Waals surface area (Å²) in [5, 5.41) is 0.0596. The van der Waals surface area contributed by atoms with E-state index >= 15 is 0 Å². The first-order chi connectivity index (χ1) is 7.99. The predicted molar refractivity (Wildman–Crippen MR) is 65.6 cm³/mol. The highest BCUT2D eigenvalue weighted by Crippen LogP contribution is 2.21. The molecule has 0 unspecified atom stereocenters. The zero-order chi connectivity index (χ0) is 13.4. The van der Waals surface area contributed by atoms with Gasteiger partial charge in [-0.1, -0.05) is 17.7 Å². The molecule has 0 saturated carbocycles. The van der Waals surface area contributed by atoms with E-state index in [1.807, 2.05) is 0 Å². The first-order valence-corrected chi connectivity index (χ1v) is 5.74. The second-order valence-electron chi connectivity index (χ2n) is 3.10. The lowest BCUT2D eigenvalue weighted by molar-refractivity contribution is -0.146. The van der Waals surface area contributed by atoms with E-state index < -0.39 is 11.9 Å². The average molecular weight is 261 g/mol. The van der Waals surface area contributed by atoms with E-state index in [0.717, 1.165) is 0 Å². The average Bonchev–Trinajstić information content (AvgIpc) is 2.28. The lowest BCUT2D eigenvalue weighted by Gasteiger charge is -2.09. The molecule has 0 radical (unpaired) electrons. The Morgan fingerprint density at radius 1 is 1.12 bits per heavy atom. The number of carbonyl (C=O) groups is 2. The van der Waals surface area contributed by atoms with E-state index in [0.29, 0.717) is 5.57 Å². The number of hydrogen-bond acceptors (Lipinski definition) is 4. The SMILES string of the molecule is CC=C(C)C(Cl)=C(C(=O)OCC)C(=O)OCC. The van der Waals surface area contributed by atoms with Gasteiger partial charge in [-0.2, -0.15) is 0 Å². The molecular formula is C12H17ClO4. The minimum atomic E-state index is -0.767. The van der Waals surface area contributed by atoms with Crippen molar-refractivity contribution in [2.45, 2.75) is 27.7 Å². The van der Waals surface area contributed by atoms with E-state index in [-0.39, 0.29) is 23.8 Å². The summed E-state index contributed by atoms with van der Waals surface area (Å²) in [7, 11) is 0. The zero-order valence-corrected chi connectivity index (χ0v) is 11.3. The van der Waals surface area contributed by atoms with Crippen LogP contribution in [0.25, 0.3) is 0 Å². The standard InChI is InChI=1S/C12H17ClO4/c1-5-8(4)10(13)9(11(14)16-6-2)12(15)17-7-3/h5H,6-7H2,1-4H3. The lowest BCUT2D eigenvalue weighted by atomic mass is 10.1. The van der Waals surface area contributed by atoms with Crippen LogP contribution in [0.2, 0.25) is 0 Å². The van der Waals surface area contributed by atoms with Gasteiger partial charge in [0, 0.05) is 0 Å². The van der Waals surface area contributed by atoms with Crippen molar-refractivity contribution in [3.05, 3.63) is 22.3 Å². The second-order valence-corrected chi connectivity index (χ2v) is 3.48. The van der Waals surface area contributed by atoms with Crippen LogP contribution in [0.3, 0.4) is 0 Å². The normalized spacial score (nSPS) is 10.8. The summed E-state index contributed by atoms with van der Waals surface area (Å²) in [6, 6.07) is 0. The van der Waals surface area contributed by atoms with Crippen LogP contribution in [-0.2, 0) is 19.1 Å². The molecule has 0 rings (SSSR count). The summed E-state index contributed by atoms with van der Waals surface area (Å²) in [5.74, 6) is -1.53. The van der Waals surface area contributed by atoms with Crippen molar-refractivity contribution in [1.82, 2.24) is 0 Å². The fourth-order valence-electron chi connectivity index (χ4n) is 0.993. The van der Waals surface area contributed by atoms with Gasteiger partial charge in [0.15, 0.2) is 5.57 Å². The molecule has 0 bridgehead atoms. The molecule has 96 valence electrons. The van der Waals surface area contributed by atoms with Gasteiger partial charge in [0.05, 0.1) is 18.2 Å². The maximum atomic E-state index is 11.6. The molecule has 0 N–H and O–H groups in total. The topological polar surface area (TPSA) is 52.6 Å². The molecule has 0 aliphatic rings. The van der Waals surface area contributed by atoms with Crippen molar-refractivity contribution in [2.24, 2.45) is 0 Å². The van der Waals surface area contributed by atoms with Crippen LogP contribution in [0.15, 0.2) is 22.3 Å². The second kappa shape index (κ2) is 7.90. The number of allylic oxidation sites excluding steroid dienone is 3. The van der Waals surface area contributed by atoms with Crippen LogP contribution >= 0.6 is 11.6 Å². The first kappa shape index (κ1) is 15.7. The van der Waals surface area contributed by atoms with Gasteiger partial charge in [0.2, 0.25) is 0 Å². The quantitative estimate of drug-likeness (QED) is 0.251. The Hall–Kier alpha value is -1.29. The van der Waals surface area contributed by atoms with E-state index in [1.165, 1.54) is 0 Å². The number of esters is 2. The summed E-state index contributed by atoms with van der Waals surface area (Å²) in [4.78, 5) is 23.3. The molecule has 5 heteroatoms. The maximum absolute atomic E-state index is 11.6. The number of rotatable bonds is 5. The van der Waals surface area contributed by atoms with Crippen LogP contribution < -0.4 is 0 Å². The molecule has 0 heterocycles. The molecule has 17 heavy (non-hydrogen) atoms. The molecular weight excluding hydrogens is 244 g/mol. The highest BCUT2D eigenvalue weighted by Gasteiger charge is 2.25. The zero-order valence-electron chi connectivity index (χ0n) is 10.5. The third-order valence-corrected chi connectivity index (χ3v) is 2.44. The fourth-order valence-corrected chi connectivity index (χ4v) is 1.26. The van der Waals surface area contributed by atoms with Gasteiger partial charge >= 0.3 is 11.9 Å². The van der Waals surface area contributed by atoms with Crippen LogP contribution in [0, 0.1) is 0 Å². The van der Waals surface area contributed by atoms with Crippen molar-refractivity contribution in [3.63, 3.8) is 0 Å². The minimum Gasteiger partial charge on any atom is -0.462 e. The summed E-state index contributed by atoms with van der Waals surface area (Å²) in [5.41, 5.74) is 0.355. The van der Waals surface area contributed by atoms with Gasteiger partial charge < -0.3 is 9.47 Å². The summed E-state index contributed by atoms with van der Waals surface area (Å²) in [6.45, 7) is 7.09. The third-order valence-electron chi connectivity index (χ3n) is 1.96. The fraction of sp³-hybridized carbons (Fsp3) is 0.500. The molecule has 0 aliphatic carbocycles. The van der Waals surface area contributed by atoms with Gasteiger partial charge in [-0.15, -0.1) is 0 Å². The Balaban J connectivity index is 5.38. The van der Waals surface area contributed by atoms with Crippen molar-refractivity contribution in [2.75, 3.05) is 13.2 Å². The number of carbonyl (C=O) groups excluding carboxylic acids is 2. The monoisotopic (exact) mass is 260 g/mol. The maximum Gasteiger partial charge on any atom is 0.347 e. The minimum absolute atomic E-state index is 0.0596. The number of ether oxygens (including phenoxy) is 2. The summed E-state index contributed by atoms with van der Waals surface area (Å²) >= 11 is 5.97. The van der Waals surface area contributed by atoms with E-state index in [2.05, 4.69) is 0 Å². The van der Waals surface area contributed by atoms with Gasteiger partial charge in [0.1, 0.15) is 0 Å². The number of halogens is 1. The Morgan fingerprint density at radius 2 is 1.53 bits per heavy atom. The van der Waals surface area contributed by atoms with Crippen LogP contribution in [-0.4, -0.2) is 25.2 Å². The van der Waals surface area contributed by atoms with Crippen LogP contribution in [0.1, 0.15) is 27.7 Å². The Labute approximate surface area is 106 Å². The number of hydrogen-bond donors (Lipinski definition) is 0. The summed E-state index contributed by atoms with van der Waals surface area (Å²) in [6.07, 6.45) is 1.70. The molecule has 0 amide bonds. The van der Waals surface area contributed by atoms with Gasteiger partial charge in [-0.05, 0) is 33.3 Å². The smallest absolute Gasteiger partial charge is 0.347 e. The molecule has 0 spiro atoms. The van der Waals surface area contributed by atoms with Gasteiger partial charge in [0.25, 0.3) is 0 Å². The Bertz CT molecular complexity index is 336. The molecule has 0 atom stereocenters. The molecule has 0 fully saturated rings. The highest BCUT2D eigenvalue weighted by atomic mass is 35.5. The van der Waals surface area contributed by atoms with Crippen molar-refractivity contribution >= 4 is 23.5 Å². The van der Waals surface area contributed by atoms with Crippen molar-refractivity contribution in [3.8, 4) is 0 Å².